The van der Waals surface area contributed by atoms with Crippen molar-refractivity contribution in [1.29, 1.82) is 0 Å². The van der Waals surface area contributed by atoms with Gasteiger partial charge in [-0.3, -0.25) is 0 Å². The minimum Gasteiger partial charge on any atom is -0.793 e. The molecule has 0 aliphatic carbocycles. The second-order valence-electron chi connectivity index (χ2n) is 3.12. The van der Waals surface area contributed by atoms with E-state index in [0.717, 1.165) is 5.56 Å². The summed E-state index contributed by atoms with van der Waals surface area (Å²) < 4.78 is 5.01. The minimum absolute atomic E-state index is 0. The van der Waals surface area contributed by atoms with Gasteiger partial charge >= 0.3 is 51.4 Å². The topological polar surface area (TPSA) is 32.3 Å². The van der Waals surface area contributed by atoms with Gasteiger partial charge in [0.05, 0.1) is 0 Å². The number of rotatable bonds is 5. The Morgan fingerprint density at radius 2 is 1.94 bits per heavy atom. The van der Waals surface area contributed by atoms with Crippen LogP contribution in [0.3, 0.4) is 0 Å². The maximum Gasteiger partial charge on any atom is 1.00 e. The van der Waals surface area contributed by atoms with Crippen molar-refractivity contribution in [3.63, 3.8) is 0 Å². The standard InChI is InChI=1S/C10H15O2PS2.K/c1-3-12-13(11,14)15-8-10-6-4-9(2)5-7-10;/h4-7H,3,8H2,1-2H3,(H,11,14);/q;+1/p-1. The molecule has 0 saturated heterocycles. The molecule has 16 heavy (non-hydrogen) atoms. The molecule has 0 radical (unpaired) electrons. The molecule has 0 spiro atoms. The smallest absolute Gasteiger partial charge is 0.793 e. The van der Waals surface area contributed by atoms with E-state index in [1.165, 1.54) is 16.9 Å². The van der Waals surface area contributed by atoms with Crippen molar-refractivity contribution in [1.82, 2.24) is 0 Å². The third-order valence-corrected chi connectivity index (χ3v) is 6.07. The summed E-state index contributed by atoms with van der Waals surface area (Å²) in [5.41, 5.74) is -0.531. The van der Waals surface area contributed by atoms with E-state index in [2.05, 4.69) is 0 Å². The summed E-state index contributed by atoms with van der Waals surface area (Å²) in [6.45, 7) is 4.24. The van der Waals surface area contributed by atoms with E-state index in [1.807, 2.05) is 31.2 Å². The van der Waals surface area contributed by atoms with Crippen LogP contribution in [0.5, 0.6) is 0 Å². The van der Waals surface area contributed by atoms with Crippen molar-refractivity contribution < 1.29 is 60.8 Å². The molecule has 84 valence electrons. The molecule has 0 heterocycles. The Balaban J connectivity index is 0.00000225. The van der Waals surface area contributed by atoms with Crippen molar-refractivity contribution in [3.8, 4) is 0 Å². The Kier molecular flexibility index (Phi) is 9.78. The fourth-order valence-corrected chi connectivity index (χ4v) is 4.18. The predicted octanol–water partition coefficient (Wildman–Crippen LogP) is -0.146. The SMILES string of the molecule is CCOP([O-])(=S)SCc1ccc(C)cc1.[K+]. The molecule has 0 fully saturated rings. The molecule has 0 amide bonds. The van der Waals surface area contributed by atoms with E-state index in [0.29, 0.717) is 12.4 Å². The summed E-state index contributed by atoms with van der Waals surface area (Å²) in [4.78, 5) is 11.6. The zero-order valence-electron chi connectivity index (χ0n) is 9.80. The third kappa shape index (κ3) is 7.26. The first-order chi connectivity index (χ1) is 7.03. The van der Waals surface area contributed by atoms with Crippen LogP contribution in [0.1, 0.15) is 18.1 Å². The van der Waals surface area contributed by atoms with Crippen LogP contribution in [-0.2, 0) is 22.1 Å². The van der Waals surface area contributed by atoms with E-state index >= 15 is 0 Å². The van der Waals surface area contributed by atoms with E-state index in [9.17, 15) is 4.89 Å². The average Bonchev–Trinajstić information content (AvgIpc) is 2.17. The van der Waals surface area contributed by atoms with E-state index < -0.39 is 5.69 Å². The molecule has 0 aliphatic heterocycles. The number of hydrogen-bond donors (Lipinski definition) is 0. The van der Waals surface area contributed by atoms with Gasteiger partial charge in [0, 0.05) is 18.1 Å². The van der Waals surface area contributed by atoms with Crippen LogP contribution in [0, 0.1) is 6.92 Å². The normalized spacial score (nSPS) is 13.9. The molecular weight excluding hydrogens is 286 g/mol. The molecular formula is C10H14KO2PS2. The van der Waals surface area contributed by atoms with E-state index in [-0.39, 0.29) is 51.4 Å². The molecule has 0 bridgehead atoms. The fourth-order valence-electron chi connectivity index (χ4n) is 1.03. The van der Waals surface area contributed by atoms with Crippen LogP contribution >= 0.6 is 17.1 Å². The summed E-state index contributed by atoms with van der Waals surface area (Å²) in [6.07, 6.45) is 0. The second kappa shape index (κ2) is 8.81. The van der Waals surface area contributed by atoms with Gasteiger partial charge in [-0.25, -0.2) is 0 Å². The van der Waals surface area contributed by atoms with Gasteiger partial charge in [-0.1, -0.05) is 41.6 Å². The van der Waals surface area contributed by atoms with Gasteiger partial charge < -0.3 is 9.42 Å². The van der Waals surface area contributed by atoms with Crippen molar-refractivity contribution >= 4 is 28.9 Å². The van der Waals surface area contributed by atoms with Gasteiger partial charge in [0.15, 0.2) is 0 Å². The van der Waals surface area contributed by atoms with E-state index in [4.69, 9.17) is 16.3 Å². The molecule has 0 aromatic heterocycles. The molecule has 1 atom stereocenters. The molecule has 1 unspecified atom stereocenters. The second-order valence-corrected chi connectivity index (χ2v) is 9.18. The summed E-state index contributed by atoms with van der Waals surface area (Å²) in [5.74, 6) is 0.640. The zero-order valence-corrected chi connectivity index (χ0v) is 15.5. The van der Waals surface area contributed by atoms with Gasteiger partial charge in [0.25, 0.3) is 0 Å². The molecule has 1 rings (SSSR count). The Labute approximate surface area is 149 Å². The number of hydrogen-bond acceptors (Lipinski definition) is 4. The van der Waals surface area contributed by atoms with Crippen LogP contribution in [0.2, 0.25) is 0 Å². The van der Waals surface area contributed by atoms with Gasteiger partial charge in [-0.2, -0.15) is 0 Å². The van der Waals surface area contributed by atoms with Crippen LogP contribution in [0.4, 0.5) is 0 Å². The predicted molar refractivity (Wildman–Crippen MR) is 68.4 cm³/mol. The first-order valence-electron chi connectivity index (χ1n) is 4.69. The average molecular weight is 300 g/mol. The number of benzene rings is 1. The maximum atomic E-state index is 11.6. The van der Waals surface area contributed by atoms with Crippen LogP contribution in [-0.4, -0.2) is 6.61 Å². The quantitative estimate of drug-likeness (QED) is 0.559. The van der Waals surface area contributed by atoms with Gasteiger partial charge in [-0.05, 0) is 19.4 Å². The molecule has 6 heteroatoms. The van der Waals surface area contributed by atoms with Gasteiger partial charge in [0.2, 0.25) is 0 Å². The molecule has 0 aliphatic rings. The third-order valence-electron chi connectivity index (χ3n) is 1.80. The molecule has 2 nitrogen and oxygen atoms in total. The first-order valence-corrected chi connectivity index (χ1v) is 8.92. The fraction of sp³-hybridized carbons (Fsp3) is 0.400. The first kappa shape index (κ1) is 17.8. The molecule has 1 aromatic rings. The van der Waals surface area contributed by atoms with Gasteiger partial charge in [-0.15, -0.1) is 11.4 Å². The van der Waals surface area contributed by atoms with E-state index in [1.54, 1.807) is 6.92 Å². The van der Waals surface area contributed by atoms with Gasteiger partial charge in [0.1, 0.15) is 0 Å². The van der Waals surface area contributed by atoms with Crippen LogP contribution in [0.25, 0.3) is 0 Å². The van der Waals surface area contributed by atoms with Crippen molar-refractivity contribution in [2.75, 3.05) is 6.61 Å². The van der Waals surface area contributed by atoms with Crippen LogP contribution in [0.15, 0.2) is 24.3 Å². The Hall–Kier alpha value is 1.78. The molecule has 1 aromatic carbocycles. The Morgan fingerprint density at radius 3 is 2.44 bits per heavy atom. The monoisotopic (exact) mass is 300 g/mol. The van der Waals surface area contributed by atoms with Crippen LogP contribution < -0.4 is 56.3 Å². The van der Waals surface area contributed by atoms with Crippen molar-refractivity contribution in [3.05, 3.63) is 35.4 Å². The largest absolute Gasteiger partial charge is 1.00 e. The Morgan fingerprint density at radius 1 is 1.38 bits per heavy atom. The summed E-state index contributed by atoms with van der Waals surface area (Å²) in [6, 6.07) is 8.10. The minimum atomic E-state index is -2.87. The molecule has 0 saturated carbocycles. The summed E-state index contributed by atoms with van der Waals surface area (Å²) in [7, 11) is 0. The zero-order chi connectivity index (χ0) is 11.3. The summed E-state index contributed by atoms with van der Waals surface area (Å²) in [5, 5.41) is 0. The Bertz CT molecular complexity index is 356. The van der Waals surface area contributed by atoms with Crippen molar-refractivity contribution in [2.24, 2.45) is 0 Å². The summed E-state index contributed by atoms with van der Waals surface area (Å²) >= 11 is 6.07. The maximum absolute atomic E-state index is 11.6. The van der Waals surface area contributed by atoms with Crippen molar-refractivity contribution in [2.45, 2.75) is 19.6 Å². The molecule has 0 N–H and O–H groups in total. The number of aryl methyl sites for hydroxylation is 1.